The number of hydrazine groups is 1. The number of rotatable bonds is 1. The van der Waals surface area contributed by atoms with Crippen molar-refractivity contribution in [2.45, 2.75) is 0 Å². The van der Waals surface area contributed by atoms with Crippen molar-refractivity contribution < 1.29 is 26.8 Å². The van der Waals surface area contributed by atoms with Gasteiger partial charge < -0.3 is 17.0 Å². The van der Waals surface area contributed by atoms with Crippen LogP contribution in [0.15, 0.2) is 24.5 Å². The van der Waals surface area contributed by atoms with Crippen molar-refractivity contribution in [1.82, 2.24) is 5.43 Å². The number of carbonyl (C=O) groups is 1. The summed E-state index contributed by atoms with van der Waals surface area (Å²) in [4.78, 5) is 13.6. The maximum absolute atomic E-state index is 10.8. The van der Waals surface area contributed by atoms with Gasteiger partial charge in [0.05, 0.1) is 5.56 Å². The van der Waals surface area contributed by atoms with E-state index in [9.17, 15) is 4.79 Å². The molecule has 0 unspecified atom stereocenters. The van der Waals surface area contributed by atoms with Crippen molar-refractivity contribution in [3.05, 3.63) is 30.1 Å². The molecule has 1 heterocycles. The molecule has 60 valence electrons. The lowest BCUT2D eigenvalue weighted by Gasteiger charge is -1.93. The van der Waals surface area contributed by atoms with Crippen molar-refractivity contribution in [1.29, 1.82) is 0 Å². The van der Waals surface area contributed by atoms with Crippen molar-refractivity contribution in [2.24, 2.45) is 5.84 Å². The van der Waals surface area contributed by atoms with Gasteiger partial charge in [-0.05, 0) is 0 Å². The third kappa shape index (κ3) is 2.65. The van der Waals surface area contributed by atoms with Crippen LogP contribution in [-0.4, -0.2) is 5.91 Å². The summed E-state index contributed by atoms with van der Waals surface area (Å²) in [6.45, 7) is 0. The number of nitrogens with two attached hydrogens (primary N) is 1. The van der Waals surface area contributed by atoms with E-state index in [1.807, 2.05) is 5.43 Å². The molecule has 4 nitrogen and oxygen atoms in total. The first kappa shape index (κ1) is 10.1. The number of hydrogen-bond acceptors (Lipinski definition) is 2. The maximum Gasteiger partial charge on any atom is 0.265 e. The number of halogens is 1. The second-order valence-electron chi connectivity index (χ2n) is 1.76. The highest BCUT2D eigenvalue weighted by molar-refractivity contribution is 5.93. The first-order chi connectivity index (χ1) is 4.84. The first-order valence-electron chi connectivity index (χ1n) is 2.81. The standard InChI is InChI=1S/C6H7N3O.BrH/c7-9-6(10)5-1-3-8-4-2-5;/h1-4H,7H2,(H,9,10);1H. The van der Waals surface area contributed by atoms with Crippen LogP contribution in [0, 0.1) is 0 Å². The summed E-state index contributed by atoms with van der Waals surface area (Å²) in [7, 11) is 0. The number of hydrogen-bond donors (Lipinski definition) is 2. The van der Waals surface area contributed by atoms with E-state index in [0.29, 0.717) is 5.56 Å². The van der Waals surface area contributed by atoms with E-state index in [2.05, 4.69) is 4.98 Å². The predicted molar refractivity (Wildman–Crippen MR) is 34.7 cm³/mol. The fourth-order valence-electron chi connectivity index (χ4n) is 0.622. The van der Waals surface area contributed by atoms with Crippen LogP contribution < -0.4 is 33.2 Å². The van der Waals surface area contributed by atoms with Crippen LogP contribution in [0.5, 0.6) is 0 Å². The van der Waals surface area contributed by atoms with E-state index in [1.54, 1.807) is 24.5 Å². The molecule has 0 aliphatic rings. The Morgan fingerprint density at radius 1 is 1.45 bits per heavy atom. The molecule has 11 heavy (non-hydrogen) atoms. The molecule has 0 spiro atoms. The van der Waals surface area contributed by atoms with E-state index in [-0.39, 0.29) is 22.9 Å². The Hall–Kier alpha value is -0.940. The molecule has 0 aromatic carbocycles. The van der Waals surface area contributed by atoms with Gasteiger partial charge in [0.15, 0.2) is 12.4 Å². The van der Waals surface area contributed by atoms with Crippen LogP contribution in [0.2, 0.25) is 0 Å². The Balaban J connectivity index is 0.000001000. The highest BCUT2D eigenvalue weighted by Gasteiger charge is 2.01. The number of nitrogen functional groups attached to an aromatic ring is 1. The smallest absolute Gasteiger partial charge is 0.265 e. The van der Waals surface area contributed by atoms with Gasteiger partial charge in [0.25, 0.3) is 5.91 Å². The van der Waals surface area contributed by atoms with Crippen molar-refractivity contribution >= 4 is 5.91 Å². The summed E-state index contributed by atoms with van der Waals surface area (Å²) in [6.07, 6.45) is 3.31. The molecule has 0 aliphatic carbocycles. The van der Waals surface area contributed by atoms with E-state index < -0.39 is 0 Å². The quantitative estimate of drug-likeness (QED) is 0.287. The lowest BCUT2D eigenvalue weighted by atomic mass is 10.3. The number of amides is 1. The van der Waals surface area contributed by atoms with Gasteiger partial charge in [-0.25, -0.2) is 10.8 Å². The zero-order valence-corrected chi connectivity index (χ0v) is 7.26. The van der Waals surface area contributed by atoms with Crippen LogP contribution in [0.1, 0.15) is 10.4 Å². The minimum absolute atomic E-state index is 0. The highest BCUT2D eigenvalue weighted by Crippen LogP contribution is 1.91. The molecule has 5 heteroatoms. The third-order valence-corrected chi connectivity index (χ3v) is 1.11. The lowest BCUT2D eigenvalue weighted by molar-refractivity contribution is -0.378. The second-order valence-corrected chi connectivity index (χ2v) is 1.76. The van der Waals surface area contributed by atoms with Gasteiger partial charge in [-0.15, -0.1) is 0 Å². The SMILES string of the molecule is NNC(=O)c1cc[nH+]cc1.[Br-]. The van der Waals surface area contributed by atoms with Crippen molar-refractivity contribution in [3.63, 3.8) is 0 Å². The summed E-state index contributed by atoms with van der Waals surface area (Å²) in [6, 6.07) is 3.28. The second kappa shape index (κ2) is 4.81. The molecule has 0 saturated heterocycles. The van der Waals surface area contributed by atoms with E-state index in [0.717, 1.165) is 0 Å². The molecule has 0 atom stereocenters. The largest absolute Gasteiger partial charge is 1.00 e. The number of H-pyrrole nitrogens is 1. The van der Waals surface area contributed by atoms with E-state index in [4.69, 9.17) is 5.84 Å². The van der Waals surface area contributed by atoms with Crippen LogP contribution in [0.3, 0.4) is 0 Å². The molecule has 0 bridgehead atoms. The molecule has 1 aromatic rings. The Bertz CT molecular complexity index is 227. The fourth-order valence-corrected chi connectivity index (χ4v) is 0.622. The topological polar surface area (TPSA) is 69.3 Å². The summed E-state index contributed by atoms with van der Waals surface area (Å²) in [5, 5.41) is 0. The van der Waals surface area contributed by atoms with Crippen molar-refractivity contribution in [2.75, 3.05) is 0 Å². The number of aromatic nitrogens is 1. The number of aromatic amines is 1. The van der Waals surface area contributed by atoms with Gasteiger partial charge in [-0.1, -0.05) is 0 Å². The minimum Gasteiger partial charge on any atom is -1.00 e. The Morgan fingerprint density at radius 2 is 2.00 bits per heavy atom. The van der Waals surface area contributed by atoms with Crippen LogP contribution >= 0.6 is 0 Å². The monoisotopic (exact) mass is 217 g/mol. The van der Waals surface area contributed by atoms with E-state index >= 15 is 0 Å². The maximum atomic E-state index is 10.8. The Morgan fingerprint density at radius 3 is 2.45 bits per heavy atom. The van der Waals surface area contributed by atoms with E-state index in [1.165, 1.54) is 0 Å². The number of carbonyl (C=O) groups excluding carboxylic acids is 1. The normalized spacial score (nSPS) is 8.09. The summed E-state index contributed by atoms with van der Waals surface area (Å²) in [5.41, 5.74) is 2.57. The van der Waals surface area contributed by atoms with Crippen LogP contribution in [-0.2, 0) is 0 Å². The van der Waals surface area contributed by atoms with Crippen molar-refractivity contribution in [3.8, 4) is 0 Å². The fraction of sp³-hybridized carbons (Fsp3) is 0. The lowest BCUT2D eigenvalue weighted by Crippen LogP contribution is -3.00. The Kier molecular flexibility index (Phi) is 4.40. The molecule has 1 aromatic heterocycles. The first-order valence-corrected chi connectivity index (χ1v) is 2.81. The average Bonchev–Trinajstić information content (AvgIpc) is 2.05. The molecule has 0 fully saturated rings. The molecule has 1 amide bonds. The van der Waals surface area contributed by atoms with Crippen LogP contribution in [0.25, 0.3) is 0 Å². The molecule has 0 saturated carbocycles. The molecule has 0 radical (unpaired) electrons. The highest BCUT2D eigenvalue weighted by atomic mass is 79.9. The molecule has 1 rings (SSSR count). The molecule has 0 aliphatic heterocycles. The van der Waals surface area contributed by atoms with Gasteiger partial charge in [0.1, 0.15) is 0 Å². The summed E-state index contributed by atoms with van der Waals surface area (Å²) >= 11 is 0. The zero-order chi connectivity index (χ0) is 7.40. The minimum atomic E-state index is -0.283. The molecular formula is C6H8BrN3O. The number of pyridine rings is 1. The molecule has 4 N–H and O–H groups in total. The van der Waals surface area contributed by atoms with Gasteiger partial charge in [0.2, 0.25) is 0 Å². The summed E-state index contributed by atoms with van der Waals surface area (Å²) in [5.74, 6) is 4.61. The predicted octanol–water partition coefficient (Wildman–Crippen LogP) is -3.89. The third-order valence-electron chi connectivity index (χ3n) is 1.11. The number of nitrogens with one attached hydrogen (secondary N) is 2. The van der Waals surface area contributed by atoms with Gasteiger partial charge >= 0.3 is 0 Å². The Labute approximate surface area is 74.6 Å². The van der Waals surface area contributed by atoms with Gasteiger partial charge in [-0.3, -0.25) is 10.2 Å². The average molecular weight is 218 g/mol. The zero-order valence-electron chi connectivity index (χ0n) is 5.67. The molecular weight excluding hydrogens is 210 g/mol. The van der Waals surface area contributed by atoms with Crippen LogP contribution in [0.4, 0.5) is 0 Å². The van der Waals surface area contributed by atoms with Gasteiger partial charge in [0, 0.05) is 12.1 Å². The summed E-state index contributed by atoms with van der Waals surface area (Å²) < 4.78 is 0. The van der Waals surface area contributed by atoms with Gasteiger partial charge in [-0.2, -0.15) is 0 Å².